The fraction of sp³-hybridized carbons (Fsp3) is 0.409. The average Bonchev–Trinajstić information content (AvgIpc) is 3.92. The molecule has 0 bridgehead atoms. The molecule has 2 aliphatic heterocycles. The molecule has 17 heteroatoms. The van der Waals surface area contributed by atoms with Crippen molar-refractivity contribution in [3.8, 4) is 28.4 Å². The number of amides is 2. The average molecular weight is 865 g/mol. The van der Waals surface area contributed by atoms with Crippen LogP contribution >= 0.6 is 11.6 Å². The number of hydrogen-bond donors (Lipinski definition) is 4. The maximum Gasteiger partial charge on any atom is 0.405 e. The van der Waals surface area contributed by atoms with Gasteiger partial charge in [0, 0.05) is 72.6 Å². The van der Waals surface area contributed by atoms with E-state index in [2.05, 4.69) is 15.3 Å². The number of nitrogens with one attached hydrogen (secondary N) is 2. The van der Waals surface area contributed by atoms with Gasteiger partial charge in [-0.05, 0) is 81.3 Å². The van der Waals surface area contributed by atoms with E-state index in [1.54, 1.807) is 84.2 Å². The summed E-state index contributed by atoms with van der Waals surface area (Å²) in [6.45, 7) is 4.43. The van der Waals surface area contributed by atoms with E-state index in [-0.39, 0.29) is 39.1 Å². The van der Waals surface area contributed by atoms with E-state index in [9.17, 15) is 33.0 Å². The normalized spacial score (nSPS) is 19.7. The Bertz CT molecular complexity index is 2300. The van der Waals surface area contributed by atoms with Gasteiger partial charge in [0.05, 0.1) is 23.9 Å². The number of fused-ring (bicyclic) bond motifs is 1. The van der Waals surface area contributed by atoms with Gasteiger partial charge < -0.3 is 34.4 Å². The maximum absolute atomic E-state index is 14.2. The van der Waals surface area contributed by atoms with Crippen LogP contribution in [-0.4, -0.2) is 106 Å². The molecule has 0 radical (unpaired) electrons. The van der Waals surface area contributed by atoms with Crippen molar-refractivity contribution in [2.75, 3.05) is 39.3 Å². The van der Waals surface area contributed by atoms with E-state index in [0.717, 1.165) is 16.7 Å². The third-order valence-corrected chi connectivity index (χ3v) is 11.6. The van der Waals surface area contributed by atoms with Gasteiger partial charge in [-0.1, -0.05) is 29.8 Å². The molecule has 13 nitrogen and oxygen atoms in total. The number of para-hydroxylation sites is 1. The summed E-state index contributed by atoms with van der Waals surface area (Å²) < 4.78 is 58.1. The number of aliphatic hydroxyl groups is 2. The lowest BCUT2D eigenvalue weighted by Crippen LogP contribution is -2.63. The molecule has 61 heavy (non-hydrogen) atoms. The van der Waals surface area contributed by atoms with Crippen LogP contribution in [0, 0.1) is 12.8 Å². The number of carbonyl (C=O) groups is 2. The molecule has 0 saturated carbocycles. The van der Waals surface area contributed by atoms with Gasteiger partial charge in [-0.25, -0.2) is 4.98 Å². The smallest absolute Gasteiger partial charge is 0.405 e. The predicted octanol–water partition coefficient (Wildman–Crippen LogP) is 6.08. The van der Waals surface area contributed by atoms with Gasteiger partial charge in [-0.2, -0.15) is 13.2 Å². The summed E-state index contributed by atoms with van der Waals surface area (Å²) in [7, 11) is 0. The SMILES string of the molecule is Cc1ccncc1-c1ccc(C[C@H](C[C@H](O)CN2CCN(C(C)(C)c3ncc(-c4ccc(Cl)cc4)o3)C[C@H]2C(=O)NCC(F)(F)F)C(=O)N[C@H]2c3ccccc3OC[C@H]2O)o1. The molecule has 5 aromatic rings. The summed E-state index contributed by atoms with van der Waals surface area (Å²) in [6, 6.07) is 17.6. The highest BCUT2D eigenvalue weighted by atomic mass is 35.5. The van der Waals surface area contributed by atoms with Crippen LogP contribution in [0.1, 0.15) is 49.1 Å². The first kappa shape index (κ1) is 43.8. The molecular formula is C44H48ClF3N6O7. The molecule has 0 aliphatic carbocycles. The van der Waals surface area contributed by atoms with Crippen LogP contribution in [0.3, 0.4) is 0 Å². The molecule has 3 aromatic heterocycles. The lowest BCUT2D eigenvalue weighted by atomic mass is 9.92. The monoisotopic (exact) mass is 864 g/mol. The molecular weight excluding hydrogens is 817 g/mol. The summed E-state index contributed by atoms with van der Waals surface area (Å²) in [6.07, 6.45) is -2.03. The number of rotatable bonds is 14. The fourth-order valence-corrected chi connectivity index (χ4v) is 8.01. The lowest BCUT2D eigenvalue weighted by molar-refractivity contribution is -0.145. The molecule has 7 rings (SSSR count). The molecule has 1 saturated heterocycles. The molecule has 2 aliphatic rings. The number of pyridine rings is 1. The Labute approximate surface area is 355 Å². The predicted molar refractivity (Wildman–Crippen MR) is 219 cm³/mol. The number of furan rings is 1. The molecule has 324 valence electrons. The number of benzene rings is 2. The van der Waals surface area contributed by atoms with Crippen LogP contribution in [0.5, 0.6) is 5.75 Å². The van der Waals surface area contributed by atoms with Crippen LogP contribution in [0.4, 0.5) is 13.2 Å². The molecule has 5 atom stereocenters. The number of aromatic nitrogens is 2. The van der Waals surface area contributed by atoms with Crippen molar-refractivity contribution in [3.05, 3.63) is 113 Å². The highest BCUT2D eigenvalue weighted by Gasteiger charge is 2.43. The number of nitrogens with zero attached hydrogens (tertiary/aromatic N) is 4. The summed E-state index contributed by atoms with van der Waals surface area (Å²) >= 11 is 6.06. The maximum atomic E-state index is 14.2. The van der Waals surface area contributed by atoms with Gasteiger partial charge in [0.2, 0.25) is 17.7 Å². The summed E-state index contributed by atoms with van der Waals surface area (Å²) in [4.78, 5) is 40.1. The zero-order chi connectivity index (χ0) is 43.5. The Morgan fingerprint density at radius 2 is 1.77 bits per heavy atom. The van der Waals surface area contributed by atoms with Crippen LogP contribution in [0.2, 0.25) is 5.02 Å². The first-order valence-corrected chi connectivity index (χ1v) is 20.4. The number of halogens is 4. The molecule has 2 aromatic carbocycles. The van der Waals surface area contributed by atoms with Gasteiger partial charge in [0.1, 0.15) is 42.6 Å². The summed E-state index contributed by atoms with van der Waals surface area (Å²) in [5.41, 5.74) is 2.16. The Balaban J connectivity index is 1.10. The van der Waals surface area contributed by atoms with Crippen LogP contribution in [0.25, 0.3) is 22.6 Å². The lowest BCUT2D eigenvalue weighted by Gasteiger charge is -2.46. The molecule has 1 fully saturated rings. The second-order valence-corrected chi connectivity index (χ2v) is 16.5. The Hall–Kier alpha value is -5.26. The number of aliphatic hydroxyl groups excluding tert-OH is 2. The minimum atomic E-state index is -4.65. The van der Waals surface area contributed by atoms with Gasteiger partial charge in [0.15, 0.2) is 5.76 Å². The van der Waals surface area contributed by atoms with Crippen molar-refractivity contribution < 1.29 is 46.5 Å². The van der Waals surface area contributed by atoms with Crippen LogP contribution in [0.15, 0.2) is 94.2 Å². The van der Waals surface area contributed by atoms with E-state index in [1.807, 2.05) is 37.1 Å². The summed E-state index contributed by atoms with van der Waals surface area (Å²) in [5, 5.41) is 28.2. The van der Waals surface area contributed by atoms with E-state index in [0.29, 0.717) is 46.1 Å². The first-order valence-electron chi connectivity index (χ1n) is 20.0. The Morgan fingerprint density at radius 1 is 1.00 bits per heavy atom. The van der Waals surface area contributed by atoms with Crippen molar-refractivity contribution >= 4 is 23.4 Å². The molecule has 0 spiro atoms. The fourth-order valence-electron chi connectivity index (χ4n) is 7.89. The number of hydrogen-bond acceptors (Lipinski definition) is 11. The van der Waals surface area contributed by atoms with Gasteiger partial charge in [-0.15, -0.1) is 0 Å². The van der Waals surface area contributed by atoms with Gasteiger partial charge in [-0.3, -0.25) is 24.4 Å². The highest BCUT2D eigenvalue weighted by Crippen LogP contribution is 2.35. The van der Waals surface area contributed by atoms with E-state index >= 15 is 0 Å². The van der Waals surface area contributed by atoms with Crippen molar-refractivity contribution in [2.45, 2.75) is 69.6 Å². The third-order valence-electron chi connectivity index (χ3n) is 11.3. The summed E-state index contributed by atoms with van der Waals surface area (Å²) in [5.74, 6) is 0.139. The van der Waals surface area contributed by atoms with Crippen molar-refractivity contribution in [1.82, 2.24) is 30.4 Å². The first-order chi connectivity index (χ1) is 29.1. The van der Waals surface area contributed by atoms with E-state index in [4.69, 9.17) is 25.2 Å². The molecule has 4 N–H and O–H groups in total. The van der Waals surface area contributed by atoms with Gasteiger partial charge in [0.25, 0.3) is 0 Å². The highest BCUT2D eigenvalue weighted by molar-refractivity contribution is 6.30. The van der Waals surface area contributed by atoms with Gasteiger partial charge >= 0.3 is 6.18 Å². The largest absolute Gasteiger partial charge is 0.490 e. The Morgan fingerprint density at radius 3 is 2.52 bits per heavy atom. The van der Waals surface area contributed by atoms with Crippen molar-refractivity contribution in [2.24, 2.45) is 5.92 Å². The second-order valence-electron chi connectivity index (χ2n) is 16.0. The number of β-amino-alcohol motifs (C(OH)–C–C–N with tert-alkyl or cyclic N) is 1. The number of alkyl halides is 3. The standard InChI is InChI=1S/C44H48ClF3N6O7/c1-26-14-15-49-20-33(26)37-13-12-31(60-37)19-28(40(57)52-39-32-6-4-5-7-36(32)59-24-35(39)56)18-30(55)22-53-16-17-54(23-34(53)41(58)51-25-44(46,47)48)43(2,3)42-50-21-38(61-42)27-8-10-29(45)11-9-27/h4-15,20-21,28,30,34-35,39,55-56H,16-19,22-25H2,1-3H3,(H,51,58)(H,52,57)/t28-,30-,34-,35+,39-/m0/s1. The van der Waals surface area contributed by atoms with Crippen LogP contribution in [-0.2, 0) is 21.5 Å². The number of ether oxygens (including phenoxy) is 1. The molecule has 5 heterocycles. The van der Waals surface area contributed by atoms with E-state index in [1.165, 1.54) is 0 Å². The number of oxazole rings is 1. The van der Waals surface area contributed by atoms with Crippen molar-refractivity contribution in [1.29, 1.82) is 0 Å². The zero-order valence-corrected chi connectivity index (χ0v) is 34.6. The van der Waals surface area contributed by atoms with E-state index < -0.39 is 60.3 Å². The third kappa shape index (κ3) is 10.4. The quantitative estimate of drug-likeness (QED) is 0.102. The minimum absolute atomic E-state index is 0.0179. The number of piperazine rings is 1. The number of carbonyl (C=O) groups excluding carboxylic acids is 2. The minimum Gasteiger partial charge on any atom is -0.490 e. The number of aryl methyl sites for hydroxylation is 1. The topological polar surface area (TPSA) is 166 Å². The second kappa shape index (κ2) is 18.4. The van der Waals surface area contributed by atoms with Crippen molar-refractivity contribution in [3.63, 3.8) is 0 Å². The van der Waals surface area contributed by atoms with Crippen LogP contribution < -0.4 is 15.4 Å². The molecule has 2 amide bonds. The molecule has 0 unspecified atom stereocenters. The Kier molecular flexibility index (Phi) is 13.2. The zero-order valence-electron chi connectivity index (χ0n) is 33.9.